The van der Waals surface area contributed by atoms with Crippen LogP contribution in [0.2, 0.25) is 0 Å². The first-order valence-corrected chi connectivity index (χ1v) is 14.2. The fourth-order valence-electron chi connectivity index (χ4n) is 7.12. The molecule has 1 saturated carbocycles. The minimum absolute atomic E-state index is 0.0240. The lowest BCUT2D eigenvalue weighted by Crippen LogP contribution is -2.63. The molecular weight excluding hydrogens is 570 g/mol. The van der Waals surface area contributed by atoms with Crippen LogP contribution in [0.1, 0.15) is 22.3 Å². The van der Waals surface area contributed by atoms with Gasteiger partial charge in [-0.25, -0.2) is 4.79 Å². The number of urea groups is 1. The van der Waals surface area contributed by atoms with E-state index in [4.69, 9.17) is 10.5 Å². The van der Waals surface area contributed by atoms with E-state index in [-0.39, 0.29) is 29.7 Å². The number of rotatable bonds is 6. The maximum absolute atomic E-state index is 14.1. The monoisotopic (exact) mass is 607 g/mol. The first-order chi connectivity index (χ1) is 20.8. The summed E-state index contributed by atoms with van der Waals surface area (Å²) in [5, 5.41) is 39.2. The SMILES string of the molecule is COc1ccc(NC(=O)Nc2cc(N(C)C)c3c(c2O)C(=O)C2=C(O)C4C(=O)C(C(N)=O)C(O)C(N(C)C)C4CC2C3)cc1. The number of benzene rings is 2. The molecule has 0 bridgehead atoms. The van der Waals surface area contributed by atoms with E-state index in [2.05, 4.69) is 10.6 Å². The van der Waals surface area contributed by atoms with Gasteiger partial charge in [0.2, 0.25) is 5.91 Å². The summed E-state index contributed by atoms with van der Waals surface area (Å²) in [6.07, 6.45) is -0.868. The first kappa shape index (κ1) is 30.8. The molecule has 44 heavy (non-hydrogen) atoms. The zero-order valence-corrected chi connectivity index (χ0v) is 25.1. The second-order valence-electron chi connectivity index (χ2n) is 12.0. The smallest absolute Gasteiger partial charge is 0.323 e. The molecule has 3 aliphatic rings. The Kier molecular flexibility index (Phi) is 8.03. The van der Waals surface area contributed by atoms with E-state index in [1.54, 1.807) is 68.3 Å². The van der Waals surface area contributed by atoms with Gasteiger partial charge in [0.05, 0.1) is 30.4 Å². The Morgan fingerprint density at radius 2 is 1.70 bits per heavy atom. The quantitative estimate of drug-likeness (QED) is 0.209. The highest BCUT2D eigenvalue weighted by Crippen LogP contribution is 2.52. The number of phenols is 1. The Morgan fingerprint density at radius 1 is 1.05 bits per heavy atom. The van der Waals surface area contributed by atoms with Crippen LogP contribution in [0.5, 0.6) is 11.5 Å². The largest absolute Gasteiger partial charge is 0.511 e. The highest BCUT2D eigenvalue weighted by atomic mass is 16.5. The van der Waals surface area contributed by atoms with Gasteiger partial charge in [0.15, 0.2) is 17.3 Å². The molecule has 13 heteroatoms. The standard InChI is InChI=1S/C31H37N5O8/c1-35(2)19-12-18(34-31(43)33-14-6-8-15(44-5)9-7-14)25(37)21-16(19)10-13-11-17-22(27(39)20(13)26(21)38)28(40)23(30(32)42)29(41)24(17)36(3)4/h6-9,12-13,17,22-24,29,37,39,41H,10-11H2,1-5H3,(H2,32,42)(H2,33,34,43). The van der Waals surface area contributed by atoms with Crippen molar-refractivity contribution >= 4 is 40.6 Å². The van der Waals surface area contributed by atoms with Gasteiger partial charge in [-0.15, -0.1) is 0 Å². The summed E-state index contributed by atoms with van der Waals surface area (Å²) in [6.45, 7) is 0. The lowest BCUT2D eigenvalue weighted by Gasteiger charge is -2.50. The van der Waals surface area contributed by atoms with Crippen molar-refractivity contribution in [2.45, 2.75) is 25.0 Å². The third-order valence-electron chi connectivity index (χ3n) is 8.99. The minimum Gasteiger partial charge on any atom is -0.511 e. The maximum atomic E-state index is 14.1. The van der Waals surface area contributed by atoms with Crippen LogP contribution in [0.4, 0.5) is 21.9 Å². The Bertz CT molecular complexity index is 1570. The fourth-order valence-corrected chi connectivity index (χ4v) is 7.12. The van der Waals surface area contributed by atoms with Gasteiger partial charge >= 0.3 is 6.03 Å². The number of carbonyl (C=O) groups excluding carboxylic acids is 4. The van der Waals surface area contributed by atoms with E-state index >= 15 is 0 Å². The second-order valence-corrected chi connectivity index (χ2v) is 12.0. The summed E-state index contributed by atoms with van der Waals surface area (Å²) in [6, 6.07) is 6.84. The van der Waals surface area contributed by atoms with Crippen molar-refractivity contribution < 1.29 is 39.2 Å². The molecule has 0 radical (unpaired) electrons. The molecule has 1 fully saturated rings. The number of phenolic OH excluding ortho intramolecular Hbond substituents is 1. The molecule has 2 aromatic carbocycles. The molecule has 7 N–H and O–H groups in total. The molecule has 234 valence electrons. The number of primary amides is 1. The first-order valence-electron chi connectivity index (χ1n) is 14.2. The predicted molar refractivity (Wildman–Crippen MR) is 162 cm³/mol. The van der Waals surface area contributed by atoms with Crippen molar-refractivity contribution in [3.8, 4) is 11.5 Å². The van der Waals surface area contributed by atoms with Crippen LogP contribution in [-0.2, 0) is 16.0 Å². The van der Waals surface area contributed by atoms with Crippen molar-refractivity contribution in [1.29, 1.82) is 0 Å². The molecule has 13 nitrogen and oxygen atoms in total. The highest BCUT2D eigenvalue weighted by molar-refractivity contribution is 6.17. The predicted octanol–water partition coefficient (Wildman–Crippen LogP) is 1.89. The number of ketones is 2. The van der Waals surface area contributed by atoms with Gasteiger partial charge in [-0.3, -0.25) is 14.4 Å². The summed E-state index contributed by atoms with van der Waals surface area (Å²) in [5.41, 5.74) is 6.91. The minimum atomic E-state index is -1.55. The van der Waals surface area contributed by atoms with Gasteiger partial charge in [-0.05, 0) is 74.7 Å². The molecule has 6 unspecified atom stereocenters. The average Bonchev–Trinajstić information content (AvgIpc) is 2.93. The summed E-state index contributed by atoms with van der Waals surface area (Å²) >= 11 is 0. The molecule has 6 atom stereocenters. The Morgan fingerprint density at radius 3 is 2.27 bits per heavy atom. The van der Waals surface area contributed by atoms with E-state index < -0.39 is 70.8 Å². The molecule has 3 amide bonds. The molecule has 0 saturated heterocycles. The van der Waals surface area contributed by atoms with Crippen LogP contribution in [0.3, 0.4) is 0 Å². The fraction of sp³-hybridized carbons (Fsp3) is 0.419. The number of Topliss-reactive ketones (excluding diaryl/α,β-unsaturated/α-hetero) is 2. The van der Waals surface area contributed by atoms with Crippen molar-refractivity contribution in [3.05, 3.63) is 52.8 Å². The lowest BCUT2D eigenvalue weighted by atomic mass is 9.58. The van der Waals surface area contributed by atoms with Crippen LogP contribution in [0, 0.1) is 23.7 Å². The molecule has 0 aromatic heterocycles. The summed E-state index contributed by atoms with van der Waals surface area (Å²) in [4.78, 5) is 56.2. The molecule has 5 rings (SSSR count). The number of nitrogens with two attached hydrogens (primary N) is 1. The highest BCUT2D eigenvalue weighted by Gasteiger charge is 2.58. The van der Waals surface area contributed by atoms with Crippen molar-refractivity contribution in [2.75, 3.05) is 50.8 Å². The zero-order valence-electron chi connectivity index (χ0n) is 25.1. The van der Waals surface area contributed by atoms with Crippen LogP contribution < -0.4 is 26.0 Å². The van der Waals surface area contributed by atoms with E-state index in [1.807, 2.05) is 0 Å². The number of hydrogen-bond acceptors (Lipinski definition) is 10. The number of anilines is 3. The number of aliphatic hydroxyl groups excluding tert-OH is 2. The summed E-state index contributed by atoms with van der Waals surface area (Å²) in [5.74, 6) is -6.67. The van der Waals surface area contributed by atoms with Crippen molar-refractivity contribution in [1.82, 2.24) is 4.90 Å². The molecular formula is C31H37N5O8. The molecule has 0 spiro atoms. The van der Waals surface area contributed by atoms with Gasteiger partial charge in [0.25, 0.3) is 0 Å². The number of nitrogens with one attached hydrogen (secondary N) is 2. The lowest BCUT2D eigenvalue weighted by molar-refractivity contribution is -0.152. The van der Waals surface area contributed by atoms with Gasteiger partial charge in [0.1, 0.15) is 17.4 Å². The third kappa shape index (κ3) is 5.01. The number of methoxy groups -OCH3 is 1. The number of ether oxygens (including phenoxy) is 1. The molecule has 0 heterocycles. The van der Waals surface area contributed by atoms with Crippen molar-refractivity contribution in [2.24, 2.45) is 29.4 Å². The maximum Gasteiger partial charge on any atom is 0.323 e. The Labute approximate surface area is 254 Å². The van der Waals surface area contributed by atoms with Crippen LogP contribution >= 0.6 is 0 Å². The number of carbonyl (C=O) groups is 4. The number of allylic oxidation sites excluding steroid dienone is 2. The van der Waals surface area contributed by atoms with E-state index in [1.165, 1.54) is 7.11 Å². The van der Waals surface area contributed by atoms with E-state index in [0.717, 1.165) is 0 Å². The van der Waals surface area contributed by atoms with Crippen LogP contribution in [0.25, 0.3) is 0 Å². The average molecular weight is 608 g/mol. The number of aliphatic hydroxyl groups is 2. The van der Waals surface area contributed by atoms with Gasteiger partial charge in [-0.2, -0.15) is 0 Å². The normalized spacial score (nSPS) is 26.0. The number of aromatic hydroxyl groups is 1. The summed E-state index contributed by atoms with van der Waals surface area (Å²) in [7, 11) is 8.47. The topological polar surface area (TPSA) is 195 Å². The number of likely N-dealkylation sites (N-methyl/N-ethyl adjacent to an activating group) is 1. The number of amides is 3. The molecule has 0 aliphatic heterocycles. The number of fused-ring (bicyclic) bond motifs is 3. The third-order valence-corrected chi connectivity index (χ3v) is 8.99. The number of hydrogen-bond donors (Lipinski definition) is 6. The number of nitrogens with zero attached hydrogens (tertiary/aromatic N) is 2. The molecule has 2 aromatic rings. The Hall–Kier alpha value is -4.62. The van der Waals surface area contributed by atoms with Crippen LogP contribution in [-0.4, -0.2) is 91.2 Å². The Balaban J connectivity index is 1.55. The van der Waals surface area contributed by atoms with E-state index in [9.17, 15) is 34.5 Å². The zero-order chi connectivity index (χ0) is 32.2. The summed E-state index contributed by atoms with van der Waals surface area (Å²) < 4.78 is 5.13. The second kappa shape index (κ2) is 11.5. The van der Waals surface area contributed by atoms with E-state index in [0.29, 0.717) is 22.7 Å². The van der Waals surface area contributed by atoms with Gasteiger partial charge in [0, 0.05) is 37.1 Å². The van der Waals surface area contributed by atoms with Crippen LogP contribution in [0.15, 0.2) is 41.7 Å². The molecule has 3 aliphatic carbocycles. The van der Waals surface area contributed by atoms with Gasteiger partial charge in [-0.1, -0.05) is 0 Å². The van der Waals surface area contributed by atoms with Crippen molar-refractivity contribution in [3.63, 3.8) is 0 Å². The van der Waals surface area contributed by atoms with Gasteiger partial charge < -0.3 is 46.2 Å².